The normalized spacial score (nSPS) is 23.6. The third kappa shape index (κ3) is 11.0. The Bertz CT molecular complexity index is 3820. The summed E-state index contributed by atoms with van der Waals surface area (Å²) < 4.78 is 51.0. The van der Waals surface area contributed by atoms with Crippen molar-refractivity contribution in [2.75, 3.05) is 75.4 Å². The van der Waals surface area contributed by atoms with E-state index in [1.807, 2.05) is 62.4 Å². The Morgan fingerprint density at radius 1 is 0.954 bits per heavy atom. The van der Waals surface area contributed by atoms with Crippen molar-refractivity contribution < 1.29 is 47.4 Å². The first kappa shape index (κ1) is 58.0. The van der Waals surface area contributed by atoms with E-state index in [4.69, 9.17) is 30.4 Å². The number of amides is 3. The molecule has 3 amide bonds. The fourth-order valence-electron chi connectivity index (χ4n) is 14.3. The molecule has 7 aromatic rings. The number of nitrogens with one attached hydrogen (secondary N) is 2. The highest BCUT2D eigenvalue weighted by atomic mass is 32.1. The van der Waals surface area contributed by atoms with Crippen LogP contribution in [0.2, 0.25) is 0 Å². The lowest BCUT2D eigenvalue weighted by Gasteiger charge is -2.36. The number of β-amino-alcohol motifs (C(OH)–C–C–N with tert-alkyl or cyclic N) is 1. The molecule has 87 heavy (non-hydrogen) atoms. The first-order valence-electron chi connectivity index (χ1n) is 30.1. The summed E-state index contributed by atoms with van der Waals surface area (Å²) in [5.74, 6) is 0.508. The van der Waals surface area contributed by atoms with Gasteiger partial charge in [-0.3, -0.25) is 19.5 Å². The number of fused-ring (bicyclic) bond motifs is 5. The standard InChI is InChI=1S/C64H70F2N12O8S/c1-6-46-49(65)15-12-40-24-44(79)25-47(54(40)46)56-55(66)57-48(28-67-56)59(76-29-41-13-14-42(30-76)70-41)72-62(71-57)85-33-64-17-7-19-78(64)43(16-18-64)32-84-63(83)75-22-20-74(21-23-75)52-27-51(86-73-52)53(35(2)3)61(82)77-31-45(80)26-50(77)60(81)69-36(4)38-8-10-39(11-9-38)58-37(5)68-34-87-58/h1,8-12,15,24-25,27-28,34-36,41-43,45,50,53,70,79-80H,7,13-14,16-23,26,29-33H2,2-5H3,(H,69,81)/t36-,41?,42?,43-,45+,50-,53+,64-/m0/s1. The maximum absolute atomic E-state index is 17.3. The maximum Gasteiger partial charge on any atom is 0.409 e. The van der Waals surface area contributed by atoms with Crippen LogP contribution in [0.4, 0.5) is 25.2 Å². The summed E-state index contributed by atoms with van der Waals surface area (Å²) in [5, 5.41) is 33.8. The molecule has 10 heterocycles. The zero-order valence-electron chi connectivity index (χ0n) is 49.0. The number of hydrogen-bond donors (Lipinski definition) is 4. The van der Waals surface area contributed by atoms with Gasteiger partial charge in [0.05, 0.1) is 44.7 Å². The number of aliphatic hydroxyl groups excluding tert-OH is 1. The van der Waals surface area contributed by atoms with E-state index in [1.165, 1.54) is 35.4 Å². The van der Waals surface area contributed by atoms with Crippen LogP contribution in [0.1, 0.15) is 100 Å². The van der Waals surface area contributed by atoms with Gasteiger partial charge in [-0.15, -0.1) is 17.8 Å². The molecule has 6 aliphatic rings. The van der Waals surface area contributed by atoms with Crippen LogP contribution < -0.4 is 25.2 Å². The van der Waals surface area contributed by atoms with Crippen LogP contribution in [0.5, 0.6) is 11.8 Å². The molecule has 3 aromatic carbocycles. The van der Waals surface area contributed by atoms with E-state index in [1.54, 1.807) is 22.3 Å². The van der Waals surface area contributed by atoms with E-state index in [0.717, 1.165) is 66.8 Å². The molecule has 454 valence electrons. The molecular weight excluding hydrogens is 1130 g/mol. The largest absolute Gasteiger partial charge is 0.508 e. The van der Waals surface area contributed by atoms with Crippen molar-refractivity contribution in [2.45, 2.75) is 120 Å². The summed E-state index contributed by atoms with van der Waals surface area (Å²) in [7, 11) is 0. The van der Waals surface area contributed by atoms with Crippen molar-refractivity contribution in [1.82, 2.24) is 50.4 Å². The van der Waals surface area contributed by atoms with Gasteiger partial charge >= 0.3 is 12.1 Å². The molecule has 0 aliphatic carbocycles. The van der Waals surface area contributed by atoms with Gasteiger partial charge in [-0.2, -0.15) is 9.97 Å². The molecule has 6 saturated heterocycles. The minimum Gasteiger partial charge on any atom is -0.508 e. The van der Waals surface area contributed by atoms with Gasteiger partial charge in [0, 0.05) is 93.6 Å². The van der Waals surface area contributed by atoms with Gasteiger partial charge < -0.3 is 54.4 Å². The predicted octanol–water partition coefficient (Wildman–Crippen LogP) is 8.08. The Morgan fingerprint density at radius 2 is 1.74 bits per heavy atom. The number of carbonyl (C=O) groups is 3. The highest BCUT2D eigenvalue weighted by Gasteiger charge is 2.51. The zero-order chi connectivity index (χ0) is 60.4. The van der Waals surface area contributed by atoms with Crippen molar-refractivity contribution in [3.8, 4) is 45.8 Å². The lowest BCUT2D eigenvalue weighted by Crippen LogP contribution is -2.51. The number of carbonyl (C=O) groups excluding carboxylic acids is 3. The second-order valence-corrected chi connectivity index (χ2v) is 25.4. The maximum atomic E-state index is 17.3. The van der Waals surface area contributed by atoms with Gasteiger partial charge in [-0.25, -0.2) is 18.6 Å². The van der Waals surface area contributed by atoms with Gasteiger partial charge in [0.25, 0.3) is 0 Å². The Labute approximate surface area is 506 Å². The minimum atomic E-state index is -0.876. The number of halogens is 2. The number of pyridine rings is 1. The summed E-state index contributed by atoms with van der Waals surface area (Å²) in [6.45, 7) is 11.8. The second kappa shape index (κ2) is 23.6. The van der Waals surface area contributed by atoms with Crippen LogP contribution in [-0.2, 0) is 14.3 Å². The van der Waals surface area contributed by atoms with Crippen LogP contribution in [0, 0.1) is 36.8 Å². The number of anilines is 2. The number of piperazine rings is 2. The smallest absolute Gasteiger partial charge is 0.409 e. The van der Waals surface area contributed by atoms with Gasteiger partial charge in [0.2, 0.25) is 11.8 Å². The first-order chi connectivity index (χ1) is 42.0. The van der Waals surface area contributed by atoms with Crippen LogP contribution >= 0.6 is 11.3 Å². The second-order valence-electron chi connectivity index (χ2n) is 24.6. The predicted molar refractivity (Wildman–Crippen MR) is 323 cm³/mol. The number of aliphatic hydroxyl groups is 1. The van der Waals surface area contributed by atoms with E-state index >= 15 is 8.78 Å². The van der Waals surface area contributed by atoms with Crippen LogP contribution in [-0.4, -0.2) is 169 Å². The molecule has 23 heteroatoms. The SMILES string of the molecule is C#Cc1c(F)ccc2cc(O)cc(-c3ncc4c(N5CC6CCC(C5)N6)nc(OC[C@@]56CCCN5[C@H](COC(=O)N5CCN(c7cc([C@H](C(=O)N8C[C@H](O)C[C@H]8C(=O)N[C@@H](C)c8ccc(-c9scnc9C)cc8)C(C)C)on7)CC5)CC6)nc4c3F)c12. The van der Waals surface area contributed by atoms with E-state index < -0.39 is 41.3 Å². The highest BCUT2D eigenvalue weighted by Crippen LogP contribution is 2.44. The van der Waals surface area contributed by atoms with Gasteiger partial charge in [-0.05, 0) is 99.5 Å². The summed E-state index contributed by atoms with van der Waals surface area (Å²) >= 11 is 1.58. The number of rotatable bonds is 15. The molecule has 8 atom stereocenters. The number of nitrogens with zero attached hydrogens (tertiary/aromatic N) is 10. The Morgan fingerprint density at radius 3 is 2.47 bits per heavy atom. The van der Waals surface area contributed by atoms with Crippen molar-refractivity contribution in [3.05, 3.63) is 101 Å². The molecule has 2 bridgehead atoms. The monoisotopic (exact) mass is 1200 g/mol. The molecule has 13 rings (SSSR count). The van der Waals surface area contributed by atoms with Crippen molar-refractivity contribution >= 4 is 62.6 Å². The Kier molecular flexibility index (Phi) is 15.7. The average molecular weight is 1210 g/mol. The van der Waals surface area contributed by atoms with Gasteiger partial charge in [0.15, 0.2) is 17.4 Å². The molecule has 2 unspecified atom stereocenters. The van der Waals surface area contributed by atoms with E-state index in [0.29, 0.717) is 67.4 Å². The van der Waals surface area contributed by atoms with E-state index in [9.17, 15) is 24.6 Å². The lowest BCUT2D eigenvalue weighted by molar-refractivity contribution is -0.141. The van der Waals surface area contributed by atoms with Gasteiger partial charge in [-0.1, -0.05) is 55.3 Å². The molecule has 0 radical (unpaired) electrons. The number of aromatic nitrogens is 5. The topological polar surface area (TPSA) is 228 Å². The van der Waals surface area contributed by atoms with E-state index in [2.05, 4.69) is 41.5 Å². The van der Waals surface area contributed by atoms with Crippen LogP contribution in [0.15, 0.2) is 70.8 Å². The summed E-state index contributed by atoms with van der Waals surface area (Å²) in [5.41, 5.74) is 4.20. The minimum absolute atomic E-state index is 0.00519. The number of likely N-dealkylation sites (tertiary alicyclic amines) is 1. The Balaban J connectivity index is 0.637. The van der Waals surface area contributed by atoms with Crippen molar-refractivity contribution in [3.63, 3.8) is 0 Å². The fourth-order valence-corrected chi connectivity index (χ4v) is 15.1. The number of hydrogen-bond acceptors (Lipinski definition) is 18. The third-order valence-corrected chi connectivity index (χ3v) is 19.8. The average Bonchev–Trinajstić information content (AvgIpc) is 1.22. The molecule has 20 nitrogen and oxygen atoms in total. The number of benzene rings is 3. The fraction of sp³-hybridized carbons (Fsp3) is 0.469. The zero-order valence-corrected chi connectivity index (χ0v) is 49.9. The highest BCUT2D eigenvalue weighted by molar-refractivity contribution is 7.13. The summed E-state index contributed by atoms with van der Waals surface area (Å²) in [6.07, 6.45) is 11.5. The third-order valence-electron chi connectivity index (χ3n) is 18.8. The van der Waals surface area contributed by atoms with Crippen LogP contribution in [0.3, 0.4) is 0 Å². The summed E-state index contributed by atoms with van der Waals surface area (Å²) in [4.78, 5) is 71.5. The van der Waals surface area contributed by atoms with E-state index in [-0.39, 0.29) is 108 Å². The molecule has 0 saturated carbocycles. The number of phenolic OH excluding ortho intramolecular Hbond substituents is 1. The number of phenols is 1. The summed E-state index contributed by atoms with van der Waals surface area (Å²) in [6, 6.07) is 14.4. The Hall–Kier alpha value is -8.04. The van der Waals surface area contributed by atoms with Crippen LogP contribution in [0.25, 0.3) is 43.4 Å². The van der Waals surface area contributed by atoms with Crippen molar-refractivity contribution in [2.24, 2.45) is 5.92 Å². The van der Waals surface area contributed by atoms with Crippen molar-refractivity contribution in [1.29, 1.82) is 0 Å². The first-order valence-corrected chi connectivity index (χ1v) is 31.0. The van der Waals surface area contributed by atoms with Gasteiger partial charge in [0.1, 0.15) is 53.8 Å². The number of ether oxygens (including phenoxy) is 2. The molecule has 0 spiro atoms. The molecule has 6 fully saturated rings. The number of terminal acetylenes is 1. The lowest BCUT2D eigenvalue weighted by atomic mass is 9.91. The number of aryl methyl sites for hydroxylation is 1. The molecule has 4 N–H and O–H groups in total. The molecule has 4 aromatic heterocycles. The number of aromatic hydroxyl groups is 1. The molecule has 6 aliphatic heterocycles. The molecular formula is C64H70F2N12O8S. The quantitative estimate of drug-likeness (QED) is 0.0711. The number of thiazole rings is 1.